The number of piperidine rings is 1. The number of carboxylic acid groups (broad SMARTS) is 1. The van der Waals surface area contributed by atoms with Gasteiger partial charge in [0.1, 0.15) is 6.10 Å². The highest BCUT2D eigenvalue weighted by atomic mass is 16.5. The zero-order valence-electron chi connectivity index (χ0n) is 10.8. The van der Waals surface area contributed by atoms with Gasteiger partial charge in [0.05, 0.1) is 0 Å². The van der Waals surface area contributed by atoms with Gasteiger partial charge in [-0.15, -0.1) is 0 Å². The van der Waals surface area contributed by atoms with Crippen molar-refractivity contribution < 1.29 is 19.4 Å². The smallest absolute Gasteiger partial charge is 0.332 e. The van der Waals surface area contributed by atoms with E-state index in [0.717, 1.165) is 25.9 Å². The van der Waals surface area contributed by atoms with Gasteiger partial charge in [0.15, 0.2) is 6.10 Å². The van der Waals surface area contributed by atoms with E-state index in [1.807, 2.05) is 4.90 Å². The molecule has 0 aliphatic carbocycles. The highest BCUT2D eigenvalue weighted by molar-refractivity contribution is 5.82. The average Bonchev–Trinajstić information content (AvgIpc) is 2.87. The molecule has 0 spiro atoms. The maximum Gasteiger partial charge on any atom is 0.332 e. The quantitative estimate of drug-likeness (QED) is 0.824. The van der Waals surface area contributed by atoms with Crippen molar-refractivity contribution in [1.82, 2.24) is 4.90 Å². The molecule has 102 valence electrons. The molecule has 0 aromatic heterocycles. The molecule has 0 aromatic rings. The fourth-order valence-corrected chi connectivity index (χ4v) is 2.80. The molecule has 2 aliphatic heterocycles. The summed E-state index contributed by atoms with van der Waals surface area (Å²) in [5.41, 5.74) is 0. The molecular formula is C13H21NO4. The van der Waals surface area contributed by atoms with Crippen molar-refractivity contribution in [3.8, 4) is 0 Å². The molecule has 1 N–H and O–H groups in total. The number of hydrogen-bond donors (Lipinski definition) is 1. The van der Waals surface area contributed by atoms with Crippen molar-refractivity contribution in [2.75, 3.05) is 13.1 Å². The minimum atomic E-state index is -0.963. The maximum atomic E-state index is 12.2. The third kappa shape index (κ3) is 2.83. The molecule has 18 heavy (non-hydrogen) atoms. The van der Waals surface area contributed by atoms with Gasteiger partial charge in [-0.25, -0.2) is 4.79 Å². The van der Waals surface area contributed by atoms with Crippen LogP contribution in [0.5, 0.6) is 0 Å². The lowest BCUT2D eigenvalue weighted by Gasteiger charge is -2.33. The molecule has 0 radical (unpaired) electrons. The minimum Gasteiger partial charge on any atom is -0.479 e. The second-order valence-electron chi connectivity index (χ2n) is 5.23. The standard InChI is InChI=1S/C13H21NO4/c1-2-9-4-3-7-14(8-9)12(15)10-5-6-11(18-10)13(16)17/h9-11H,2-8H2,1H3,(H,16,17). The van der Waals surface area contributed by atoms with Crippen molar-refractivity contribution >= 4 is 11.9 Å². The second kappa shape index (κ2) is 5.69. The van der Waals surface area contributed by atoms with E-state index in [0.29, 0.717) is 18.8 Å². The summed E-state index contributed by atoms with van der Waals surface area (Å²) in [6.07, 6.45) is 2.95. The van der Waals surface area contributed by atoms with Gasteiger partial charge in [0.2, 0.25) is 0 Å². The number of nitrogens with zero attached hydrogens (tertiary/aromatic N) is 1. The van der Waals surface area contributed by atoms with Crippen LogP contribution >= 0.6 is 0 Å². The van der Waals surface area contributed by atoms with E-state index < -0.39 is 18.2 Å². The lowest BCUT2D eigenvalue weighted by atomic mass is 9.95. The maximum absolute atomic E-state index is 12.2. The Bertz CT molecular complexity index is 331. The Morgan fingerprint density at radius 2 is 2.00 bits per heavy atom. The predicted molar refractivity (Wildman–Crippen MR) is 65.1 cm³/mol. The van der Waals surface area contributed by atoms with E-state index in [1.165, 1.54) is 6.42 Å². The number of amides is 1. The van der Waals surface area contributed by atoms with Gasteiger partial charge in [-0.1, -0.05) is 13.3 Å². The monoisotopic (exact) mass is 255 g/mol. The van der Waals surface area contributed by atoms with Gasteiger partial charge >= 0.3 is 5.97 Å². The lowest BCUT2D eigenvalue weighted by Crippen LogP contribution is -2.45. The van der Waals surface area contributed by atoms with Crippen molar-refractivity contribution in [3.05, 3.63) is 0 Å². The fraction of sp³-hybridized carbons (Fsp3) is 0.846. The van der Waals surface area contributed by atoms with Crippen molar-refractivity contribution in [2.24, 2.45) is 5.92 Å². The lowest BCUT2D eigenvalue weighted by molar-refractivity contribution is -0.155. The van der Waals surface area contributed by atoms with Crippen molar-refractivity contribution in [1.29, 1.82) is 0 Å². The topological polar surface area (TPSA) is 66.8 Å². The molecule has 3 unspecified atom stereocenters. The molecule has 0 bridgehead atoms. The number of carbonyl (C=O) groups is 2. The van der Waals surface area contributed by atoms with Crippen LogP contribution in [0, 0.1) is 5.92 Å². The Balaban J connectivity index is 1.89. The number of likely N-dealkylation sites (tertiary alicyclic amines) is 1. The third-order valence-corrected chi connectivity index (χ3v) is 3.98. The summed E-state index contributed by atoms with van der Waals surface area (Å²) < 4.78 is 5.32. The highest BCUT2D eigenvalue weighted by Crippen LogP contribution is 2.25. The van der Waals surface area contributed by atoms with E-state index in [1.54, 1.807) is 0 Å². The number of carboxylic acids is 1. The molecule has 0 aromatic carbocycles. The first-order valence-corrected chi connectivity index (χ1v) is 6.79. The van der Waals surface area contributed by atoms with Crippen LogP contribution in [0.3, 0.4) is 0 Å². The van der Waals surface area contributed by atoms with Crippen LogP contribution in [0.25, 0.3) is 0 Å². The second-order valence-corrected chi connectivity index (χ2v) is 5.23. The first-order valence-electron chi connectivity index (χ1n) is 6.79. The molecule has 2 heterocycles. The number of rotatable bonds is 3. The Morgan fingerprint density at radius 3 is 2.61 bits per heavy atom. The van der Waals surface area contributed by atoms with Gasteiger partial charge < -0.3 is 14.7 Å². The summed E-state index contributed by atoms with van der Waals surface area (Å²) in [6, 6.07) is 0. The van der Waals surface area contributed by atoms with E-state index in [4.69, 9.17) is 9.84 Å². The van der Waals surface area contributed by atoms with Crippen LogP contribution in [0.4, 0.5) is 0 Å². The van der Waals surface area contributed by atoms with Crippen LogP contribution in [0.1, 0.15) is 39.0 Å². The van der Waals surface area contributed by atoms with E-state index in [2.05, 4.69) is 6.92 Å². The summed E-state index contributed by atoms with van der Waals surface area (Å²) in [7, 11) is 0. The number of carbonyl (C=O) groups excluding carboxylic acids is 1. The van der Waals surface area contributed by atoms with Gasteiger partial charge in [0.25, 0.3) is 5.91 Å². The summed E-state index contributed by atoms with van der Waals surface area (Å²) >= 11 is 0. The first-order chi connectivity index (χ1) is 8.61. The van der Waals surface area contributed by atoms with Crippen LogP contribution in [-0.2, 0) is 14.3 Å². The number of aliphatic carboxylic acids is 1. The Hall–Kier alpha value is -1.10. The van der Waals surface area contributed by atoms with Crippen LogP contribution in [0.15, 0.2) is 0 Å². The molecule has 2 fully saturated rings. The predicted octanol–water partition coefficient (Wildman–Crippen LogP) is 1.27. The molecule has 3 atom stereocenters. The van der Waals surface area contributed by atoms with E-state index >= 15 is 0 Å². The van der Waals surface area contributed by atoms with Crippen LogP contribution < -0.4 is 0 Å². The Labute approximate surface area is 107 Å². The van der Waals surface area contributed by atoms with Crippen molar-refractivity contribution in [3.63, 3.8) is 0 Å². The normalized spacial score (nSPS) is 32.5. The molecule has 5 nitrogen and oxygen atoms in total. The van der Waals surface area contributed by atoms with Gasteiger partial charge in [-0.05, 0) is 31.6 Å². The largest absolute Gasteiger partial charge is 0.479 e. The fourth-order valence-electron chi connectivity index (χ4n) is 2.80. The van der Waals surface area contributed by atoms with E-state index in [9.17, 15) is 9.59 Å². The zero-order valence-corrected chi connectivity index (χ0v) is 10.8. The molecule has 2 rings (SSSR count). The number of ether oxygens (including phenoxy) is 1. The van der Waals surface area contributed by atoms with Gasteiger partial charge in [-0.3, -0.25) is 4.79 Å². The summed E-state index contributed by atoms with van der Waals surface area (Å²) in [4.78, 5) is 24.9. The molecular weight excluding hydrogens is 234 g/mol. The van der Waals surface area contributed by atoms with Gasteiger partial charge in [-0.2, -0.15) is 0 Å². The van der Waals surface area contributed by atoms with E-state index in [-0.39, 0.29) is 5.91 Å². The third-order valence-electron chi connectivity index (χ3n) is 3.98. The summed E-state index contributed by atoms with van der Waals surface area (Å²) in [5.74, 6) is -0.397. The molecule has 2 saturated heterocycles. The highest BCUT2D eigenvalue weighted by Gasteiger charge is 2.37. The number of hydrogen-bond acceptors (Lipinski definition) is 3. The Morgan fingerprint density at radius 1 is 1.28 bits per heavy atom. The molecule has 2 aliphatic rings. The average molecular weight is 255 g/mol. The van der Waals surface area contributed by atoms with Crippen LogP contribution in [0.2, 0.25) is 0 Å². The van der Waals surface area contributed by atoms with Gasteiger partial charge in [0, 0.05) is 13.1 Å². The van der Waals surface area contributed by atoms with Crippen LogP contribution in [-0.4, -0.2) is 47.2 Å². The van der Waals surface area contributed by atoms with Crippen molar-refractivity contribution in [2.45, 2.75) is 51.2 Å². The summed E-state index contributed by atoms with van der Waals surface area (Å²) in [6.45, 7) is 3.73. The minimum absolute atomic E-state index is 0.0168. The summed E-state index contributed by atoms with van der Waals surface area (Å²) in [5, 5.41) is 8.85. The molecule has 5 heteroatoms. The SMILES string of the molecule is CCC1CCCN(C(=O)C2CCC(C(=O)O)O2)C1. The first kappa shape index (κ1) is 13.3. The molecule has 0 saturated carbocycles. The molecule has 1 amide bonds. The Kier molecular flexibility index (Phi) is 4.22. The zero-order chi connectivity index (χ0) is 13.1.